The number of nitrogens with zero attached hydrogens (tertiary/aromatic N) is 1. The average Bonchev–Trinajstić information content (AvgIpc) is 2.90. The molecule has 38 heavy (non-hydrogen) atoms. The van der Waals surface area contributed by atoms with Crippen LogP contribution in [0.15, 0.2) is 42.5 Å². The van der Waals surface area contributed by atoms with Crippen molar-refractivity contribution in [3.05, 3.63) is 48.3 Å². The van der Waals surface area contributed by atoms with E-state index >= 15 is 0 Å². The van der Waals surface area contributed by atoms with E-state index in [1.807, 2.05) is 0 Å². The number of anilines is 2. The van der Waals surface area contributed by atoms with Crippen molar-refractivity contribution in [2.45, 2.75) is 51.1 Å². The van der Waals surface area contributed by atoms with E-state index in [0.29, 0.717) is 36.1 Å². The number of nitrogens with one attached hydrogen (secondary N) is 2. The van der Waals surface area contributed by atoms with E-state index in [1.165, 1.54) is 29.2 Å². The van der Waals surface area contributed by atoms with Gasteiger partial charge in [-0.05, 0) is 56.2 Å². The molecular weight excluding hydrogens is 513 g/mol. The van der Waals surface area contributed by atoms with Crippen molar-refractivity contribution in [1.82, 2.24) is 5.32 Å². The van der Waals surface area contributed by atoms with Gasteiger partial charge in [-0.25, -0.2) is 4.39 Å². The van der Waals surface area contributed by atoms with Crippen LogP contribution in [0.2, 0.25) is 0 Å². The van der Waals surface area contributed by atoms with Gasteiger partial charge in [-0.15, -0.1) is 0 Å². The minimum atomic E-state index is -1.86. The van der Waals surface area contributed by atoms with Gasteiger partial charge in [0.05, 0.1) is 0 Å². The molecule has 2 aromatic carbocycles. The predicted molar refractivity (Wildman–Crippen MR) is 142 cm³/mol. The number of rotatable bonds is 9. The molecule has 2 unspecified atom stereocenters. The first-order chi connectivity index (χ1) is 18.3. The SMILES string of the molecule is CC(C(=O)NC1CCCCC1)N(C(=O)CS(=O)CC(=O)Nc1ccc(F)cc1)c1ccc2c(c1)OCCO2. The van der Waals surface area contributed by atoms with Gasteiger partial charge in [-0.1, -0.05) is 19.3 Å². The summed E-state index contributed by atoms with van der Waals surface area (Å²) in [6.45, 7) is 2.39. The summed E-state index contributed by atoms with van der Waals surface area (Å²) in [5, 5.41) is 5.58. The molecule has 2 aromatic rings. The topological polar surface area (TPSA) is 114 Å². The van der Waals surface area contributed by atoms with E-state index in [-0.39, 0.29) is 11.9 Å². The minimum absolute atomic E-state index is 0.0557. The fourth-order valence-electron chi connectivity index (χ4n) is 4.59. The van der Waals surface area contributed by atoms with Crippen LogP contribution in [-0.2, 0) is 25.2 Å². The summed E-state index contributed by atoms with van der Waals surface area (Å²) in [5.41, 5.74) is 0.754. The highest BCUT2D eigenvalue weighted by atomic mass is 32.2. The molecular formula is C27H32FN3O6S. The van der Waals surface area contributed by atoms with Crippen molar-refractivity contribution in [3.8, 4) is 11.5 Å². The first-order valence-corrected chi connectivity index (χ1v) is 14.2. The Morgan fingerprint density at radius 2 is 1.68 bits per heavy atom. The third-order valence-corrected chi connectivity index (χ3v) is 7.65. The lowest BCUT2D eigenvalue weighted by Crippen LogP contribution is -2.52. The first kappa shape index (κ1) is 27.6. The lowest BCUT2D eigenvalue weighted by Gasteiger charge is -2.31. The quantitative estimate of drug-likeness (QED) is 0.501. The Labute approximate surface area is 223 Å². The van der Waals surface area contributed by atoms with E-state index in [1.54, 1.807) is 25.1 Å². The maximum absolute atomic E-state index is 13.4. The Morgan fingerprint density at radius 3 is 2.39 bits per heavy atom. The Morgan fingerprint density at radius 1 is 1.00 bits per heavy atom. The van der Waals surface area contributed by atoms with Crippen LogP contribution in [-0.4, -0.2) is 58.7 Å². The Bertz CT molecular complexity index is 1190. The van der Waals surface area contributed by atoms with Crippen LogP contribution in [0.3, 0.4) is 0 Å². The molecule has 0 aromatic heterocycles. The van der Waals surface area contributed by atoms with Gasteiger partial charge < -0.3 is 20.1 Å². The van der Waals surface area contributed by atoms with Crippen LogP contribution < -0.4 is 25.0 Å². The molecule has 1 saturated carbocycles. The molecule has 1 aliphatic carbocycles. The molecule has 11 heteroatoms. The molecule has 9 nitrogen and oxygen atoms in total. The van der Waals surface area contributed by atoms with Gasteiger partial charge in [0.25, 0.3) is 0 Å². The predicted octanol–water partition coefficient (Wildman–Crippen LogP) is 3.15. The lowest BCUT2D eigenvalue weighted by atomic mass is 9.95. The molecule has 2 aliphatic rings. The highest BCUT2D eigenvalue weighted by Gasteiger charge is 2.31. The fraction of sp³-hybridized carbons (Fsp3) is 0.444. The maximum atomic E-state index is 13.4. The lowest BCUT2D eigenvalue weighted by molar-refractivity contribution is -0.126. The number of amides is 3. The number of ether oxygens (including phenoxy) is 2. The number of carbonyl (C=O) groups is 3. The normalized spacial score (nSPS) is 16.7. The molecule has 0 radical (unpaired) electrons. The molecule has 204 valence electrons. The monoisotopic (exact) mass is 545 g/mol. The van der Waals surface area contributed by atoms with Crippen molar-refractivity contribution < 1.29 is 32.5 Å². The number of fused-ring (bicyclic) bond motifs is 1. The van der Waals surface area contributed by atoms with E-state index in [4.69, 9.17) is 9.47 Å². The van der Waals surface area contributed by atoms with Crippen molar-refractivity contribution in [2.75, 3.05) is 34.9 Å². The summed E-state index contributed by atoms with van der Waals surface area (Å²) in [4.78, 5) is 40.3. The number of hydrogen-bond donors (Lipinski definition) is 2. The van der Waals surface area contributed by atoms with Gasteiger partial charge >= 0.3 is 0 Å². The van der Waals surface area contributed by atoms with E-state index in [2.05, 4.69) is 10.6 Å². The second-order valence-corrected chi connectivity index (χ2v) is 10.9. The summed E-state index contributed by atoms with van der Waals surface area (Å²) < 4.78 is 37.1. The Kier molecular flexibility index (Phi) is 9.33. The van der Waals surface area contributed by atoms with Crippen LogP contribution in [0.4, 0.5) is 15.8 Å². The largest absolute Gasteiger partial charge is 0.486 e. The van der Waals surface area contributed by atoms with E-state index < -0.39 is 46.0 Å². The van der Waals surface area contributed by atoms with Crippen molar-refractivity contribution in [1.29, 1.82) is 0 Å². The zero-order chi connectivity index (χ0) is 27.1. The summed E-state index contributed by atoms with van der Waals surface area (Å²) in [6, 6.07) is 9.28. The van der Waals surface area contributed by atoms with E-state index in [9.17, 15) is 23.0 Å². The molecule has 0 saturated heterocycles. The van der Waals surface area contributed by atoms with Gasteiger partial charge in [0.15, 0.2) is 11.5 Å². The second kappa shape index (κ2) is 12.9. The average molecular weight is 546 g/mol. The number of benzene rings is 2. The standard InChI is InChI=1S/C27H32FN3O6S/c1-18(27(34)30-20-5-3-2-4-6-20)31(22-11-12-23-24(15-22)37-14-13-36-23)26(33)17-38(35)16-25(32)29-21-9-7-19(28)8-10-21/h7-12,15,18,20H,2-6,13-14,16-17H2,1H3,(H,29,32)(H,30,34). The van der Waals surface area contributed by atoms with Gasteiger partial charge in [-0.2, -0.15) is 0 Å². The third-order valence-electron chi connectivity index (χ3n) is 6.50. The summed E-state index contributed by atoms with van der Waals surface area (Å²) >= 11 is 0. The molecule has 1 aliphatic heterocycles. The zero-order valence-corrected chi connectivity index (χ0v) is 22.1. The summed E-state index contributed by atoms with van der Waals surface area (Å²) in [5.74, 6) is -1.80. The van der Waals surface area contributed by atoms with Crippen LogP contribution >= 0.6 is 0 Å². The molecule has 4 rings (SSSR count). The molecule has 2 N–H and O–H groups in total. The molecule has 1 fully saturated rings. The zero-order valence-electron chi connectivity index (χ0n) is 21.2. The Hall–Kier alpha value is -3.47. The summed E-state index contributed by atoms with van der Waals surface area (Å²) in [7, 11) is -1.86. The number of hydrogen-bond acceptors (Lipinski definition) is 6. The van der Waals surface area contributed by atoms with Gasteiger partial charge in [0.2, 0.25) is 17.7 Å². The van der Waals surface area contributed by atoms with Gasteiger partial charge in [-0.3, -0.25) is 23.5 Å². The fourth-order valence-corrected chi connectivity index (χ4v) is 5.47. The van der Waals surface area contributed by atoms with Crippen molar-refractivity contribution in [2.24, 2.45) is 0 Å². The second-order valence-electron chi connectivity index (χ2n) is 9.39. The van der Waals surface area contributed by atoms with Crippen molar-refractivity contribution in [3.63, 3.8) is 0 Å². The minimum Gasteiger partial charge on any atom is -0.486 e. The third kappa shape index (κ3) is 7.31. The van der Waals surface area contributed by atoms with Gasteiger partial charge in [0, 0.05) is 34.3 Å². The molecule has 0 spiro atoms. The van der Waals surface area contributed by atoms with Crippen LogP contribution in [0.1, 0.15) is 39.0 Å². The highest BCUT2D eigenvalue weighted by molar-refractivity contribution is 7.86. The smallest absolute Gasteiger partial charge is 0.243 e. The maximum Gasteiger partial charge on any atom is 0.243 e. The molecule has 1 heterocycles. The van der Waals surface area contributed by atoms with Crippen LogP contribution in [0.5, 0.6) is 11.5 Å². The Balaban J connectivity index is 1.46. The molecule has 2 atom stereocenters. The highest BCUT2D eigenvalue weighted by Crippen LogP contribution is 2.35. The van der Waals surface area contributed by atoms with Crippen molar-refractivity contribution >= 4 is 39.9 Å². The number of halogens is 1. The van der Waals surface area contributed by atoms with Gasteiger partial charge in [0.1, 0.15) is 36.6 Å². The van der Waals surface area contributed by atoms with E-state index in [0.717, 1.165) is 32.1 Å². The van der Waals surface area contributed by atoms with Crippen LogP contribution in [0, 0.1) is 5.82 Å². The number of carbonyl (C=O) groups excluding carboxylic acids is 3. The molecule has 0 bridgehead atoms. The first-order valence-electron chi connectivity index (χ1n) is 12.7. The summed E-state index contributed by atoms with van der Waals surface area (Å²) in [6.07, 6.45) is 5.02. The van der Waals surface area contributed by atoms with Crippen LogP contribution in [0.25, 0.3) is 0 Å². The molecule has 3 amide bonds.